The Morgan fingerprint density at radius 2 is 0.967 bits per heavy atom. The van der Waals surface area contributed by atoms with Crippen LogP contribution < -0.4 is 0 Å². The first-order valence-electron chi connectivity index (χ1n) is 8.14. The van der Waals surface area contributed by atoms with Gasteiger partial charge in [-0.2, -0.15) is 0 Å². The number of aliphatic hydroxyl groups excluding tert-OH is 1. The summed E-state index contributed by atoms with van der Waals surface area (Å²) in [5.74, 6) is -13.5. The summed E-state index contributed by atoms with van der Waals surface area (Å²) in [7, 11) is 0. The average Bonchev–Trinajstić information content (AvgIpc) is 2.60. The number of hydrogen-bond acceptors (Lipinski definition) is 11. The molecule has 0 aromatic rings. The van der Waals surface area contributed by atoms with Crippen LogP contribution in [0.1, 0.15) is 27.7 Å². The van der Waals surface area contributed by atoms with Crippen LogP contribution in [0.15, 0.2) is 48.6 Å². The second-order valence-electron chi connectivity index (χ2n) is 6.33. The first-order valence-corrected chi connectivity index (χ1v) is 8.14. The summed E-state index contributed by atoms with van der Waals surface area (Å²) in [6.07, 6.45) is -2.95. The van der Waals surface area contributed by atoms with E-state index in [2.05, 4.69) is 45.3 Å². The molecule has 0 aromatic heterocycles. The average molecular weight is 428 g/mol. The van der Waals surface area contributed by atoms with E-state index in [0.29, 0.717) is 0 Å². The molecule has 2 atom stereocenters. The van der Waals surface area contributed by atoms with E-state index >= 15 is 0 Å². The molecule has 3 N–H and O–H groups in total. The van der Waals surface area contributed by atoms with Gasteiger partial charge in [0.1, 0.15) is 0 Å². The van der Waals surface area contributed by atoms with E-state index in [9.17, 15) is 34.5 Å². The zero-order chi connectivity index (χ0) is 24.0. The highest BCUT2D eigenvalue weighted by Crippen LogP contribution is 2.34. The van der Waals surface area contributed by atoms with Gasteiger partial charge in [0.05, 0.1) is 0 Å². The minimum Gasteiger partial charge on any atom is -0.425 e. The van der Waals surface area contributed by atoms with E-state index in [4.69, 9.17) is 0 Å². The quantitative estimate of drug-likeness (QED) is 0.187. The molecule has 0 amide bonds. The van der Waals surface area contributed by atoms with Crippen LogP contribution in [0.4, 0.5) is 0 Å². The Bertz CT molecular complexity index is 779. The molecule has 166 valence electrons. The minimum atomic E-state index is -3.93. The van der Waals surface area contributed by atoms with E-state index in [0.717, 1.165) is 20.8 Å². The Morgan fingerprint density at radius 1 is 0.667 bits per heavy atom. The number of carbonyl (C=O) groups excluding carboxylic acids is 4. The first-order chi connectivity index (χ1) is 13.5. The summed E-state index contributed by atoms with van der Waals surface area (Å²) in [5.41, 5.74) is -1.36. The zero-order valence-electron chi connectivity index (χ0n) is 17.0. The Morgan fingerprint density at radius 3 is 1.27 bits per heavy atom. The monoisotopic (exact) mass is 428 g/mol. The number of carbonyl (C=O) groups is 4. The maximum absolute atomic E-state index is 12.0. The summed E-state index contributed by atoms with van der Waals surface area (Å²) in [6.45, 7) is 17.5. The molecule has 11 nitrogen and oxygen atoms in total. The molecular weight excluding hydrogens is 404 g/mol. The summed E-state index contributed by atoms with van der Waals surface area (Å²) in [6, 6.07) is 0. The molecule has 2 unspecified atom stereocenters. The van der Waals surface area contributed by atoms with Gasteiger partial charge < -0.3 is 34.3 Å². The third-order valence-electron chi connectivity index (χ3n) is 3.11. The zero-order valence-corrected chi connectivity index (χ0v) is 17.0. The summed E-state index contributed by atoms with van der Waals surface area (Å²) >= 11 is 0. The maximum Gasteiger partial charge on any atom is 0.451 e. The van der Waals surface area contributed by atoms with Crippen molar-refractivity contribution in [3.63, 3.8) is 0 Å². The van der Waals surface area contributed by atoms with Gasteiger partial charge >= 0.3 is 35.6 Å². The summed E-state index contributed by atoms with van der Waals surface area (Å²) in [5, 5.41) is 31.8. The second kappa shape index (κ2) is 9.96. The third-order valence-corrected chi connectivity index (χ3v) is 3.11. The van der Waals surface area contributed by atoms with Crippen LogP contribution in [-0.2, 0) is 38.1 Å². The van der Waals surface area contributed by atoms with Crippen molar-refractivity contribution in [2.24, 2.45) is 0 Å². The third kappa shape index (κ3) is 6.37. The molecule has 0 fully saturated rings. The Kier molecular flexibility index (Phi) is 8.87. The van der Waals surface area contributed by atoms with Crippen LogP contribution in [-0.4, -0.2) is 57.2 Å². The van der Waals surface area contributed by atoms with Crippen LogP contribution in [0.3, 0.4) is 0 Å². The van der Waals surface area contributed by atoms with E-state index in [1.54, 1.807) is 0 Å². The van der Waals surface area contributed by atoms with Crippen molar-refractivity contribution < 1.29 is 53.4 Å². The smallest absolute Gasteiger partial charge is 0.425 e. The van der Waals surface area contributed by atoms with Crippen molar-refractivity contribution in [3.05, 3.63) is 48.6 Å². The van der Waals surface area contributed by atoms with Crippen molar-refractivity contribution >= 4 is 23.9 Å². The fourth-order valence-corrected chi connectivity index (χ4v) is 1.37. The van der Waals surface area contributed by atoms with Gasteiger partial charge in [-0.1, -0.05) is 26.3 Å². The molecule has 0 rings (SSSR count). The number of hydrogen-bond donors (Lipinski definition) is 3. The molecule has 0 saturated carbocycles. The van der Waals surface area contributed by atoms with Crippen molar-refractivity contribution in [3.8, 4) is 0 Å². The predicted molar refractivity (Wildman–Crippen MR) is 99.5 cm³/mol. The van der Waals surface area contributed by atoms with E-state index in [-0.39, 0.29) is 22.3 Å². The van der Waals surface area contributed by atoms with Gasteiger partial charge in [-0.3, -0.25) is 0 Å². The number of rotatable bonds is 10. The number of aliphatic hydroxyl groups is 3. The second-order valence-corrected chi connectivity index (χ2v) is 6.33. The van der Waals surface area contributed by atoms with Gasteiger partial charge in [0, 0.05) is 22.3 Å². The van der Waals surface area contributed by atoms with Crippen LogP contribution in [0.25, 0.3) is 0 Å². The molecule has 0 radical (unpaired) electrons. The molecule has 30 heavy (non-hydrogen) atoms. The molecule has 0 aliphatic rings. The molecular formula is C19H24O11. The molecule has 0 bridgehead atoms. The molecule has 11 heteroatoms. The van der Waals surface area contributed by atoms with E-state index < -0.39 is 41.9 Å². The number of ether oxygens (including phenoxy) is 4. The van der Waals surface area contributed by atoms with Crippen molar-refractivity contribution in [1.29, 1.82) is 0 Å². The van der Waals surface area contributed by atoms with Crippen molar-refractivity contribution in [2.75, 3.05) is 0 Å². The lowest BCUT2D eigenvalue weighted by molar-refractivity contribution is -0.474. The normalized spacial score (nSPS) is 13.7. The van der Waals surface area contributed by atoms with Crippen LogP contribution in [0, 0.1) is 0 Å². The van der Waals surface area contributed by atoms with Crippen molar-refractivity contribution in [1.82, 2.24) is 0 Å². The number of esters is 4. The Labute approximate surface area is 172 Å². The summed E-state index contributed by atoms with van der Waals surface area (Å²) < 4.78 is 18.1. The van der Waals surface area contributed by atoms with Crippen LogP contribution >= 0.6 is 0 Å². The van der Waals surface area contributed by atoms with Gasteiger partial charge in [0.2, 0.25) is 0 Å². The van der Waals surface area contributed by atoms with Gasteiger partial charge in [-0.25, -0.2) is 19.2 Å². The van der Waals surface area contributed by atoms with Gasteiger partial charge in [0.25, 0.3) is 6.29 Å². The van der Waals surface area contributed by atoms with Crippen LogP contribution in [0.2, 0.25) is 0 Å². The van der Waals surface area contributed by atoms with Crippen LogP contribution in [0.5, 0.6) is 0 Å². The molecule has 0 aliphatic heterocycles. The fraction of sp³-hybridized carbons (Fsp3) is 0.368. The predicted octanol–water partition coefficient (Wildman–Crippen LogP) is 0.117. The SMILES string of the molecule is C=C(C)C(=O)OC(O)C(O)(OC(=O)C(=C)C)C(O)(OC(=O)C(=C)C)OC(=O)C(=C)C. The highest BCUT2D eigenvalue weighted by atomic mass is 16.9. The fourth-order valence-electron chi connectivity index (χ4n) is 1.37. The Hall–Kier alpha value is -3.28. The molecule has 0 aromatic carbocycles. The lowest BCUT2D eigenvalue weighted by Gasteiger charge is -2.40. The minimum absolute atomic E-state index is 0.274. The van der Waals surface area contributed by atoms with Crippen molar-refractivity contribution in [2.45, 2.75) is 45.7 Å². The summed E-state index contributed by atoms with van der Waals surface area (Å²) in [4.78, 5) is 47.6. The standard InChI is InChI=1S/C19H24O11/c1-9(2)13(20)27-17(24)18(25,28-14(21)10(3)4)19(26,29-15(22)11(5)6)30-16(23)12(7)8/h17,24-26H,1,3,5,7H2,2,4,6,8H3. The molecule has 0 heterocycles. The first kappa shape index (κ1) is 26.7. The molecule has 0 spiro atoms. The van der Waals surface area contributed by atoms with E-state index in [1.807, 2.05) is 0 Å². The molecule has 0 aliphatic carbocycles. The lowest BCUT2D eigenvalue weighted by Crippen LogP contribution is -2.68. The van der Waals surface area contributed by atoms with E-state index in [1.165, 1.54) is 6.92 Å². The van der Waals surface area contributed by atoms with Gasteiger partial charge in [0.15, 0.2) is 0 Å². The maximum atomic E-state index is 12.0. The lowest BCUT2D eigenvalue weighted by atomic mass is 10.2. The Balaban J connectivity index is 6.59. The van der Waals surface area contributed by atoms with Gasteiger partial charge in [-0.15, -0.1) is 0 Å². The highest BCUT2D eigenvalue weighted by Gasteiger charge is 2.67. The van der Waals surface area contributed by atoms with Gasteiger partial charge in [-0.05, 0) is 27.7 Å². The molecule has 0 saturated heterocycles. The topological polar surface area (TPSA) is 166 Å². The highest BCUT2D eigenvalue weighted by molar-refractivity contribution is 5.90. The largest absolute Gasteiger partial charge is 0.451 e.